The second-order valence-corrected chi connectivity index (χ2v) is 27.6. The van der Waals surface area contributed by atoms with Gasteiger partial charge in [0.15, 0.2) is 0 Å². The number of nitrogens with zero attached hydrogens (tertiary/aromatic N) is 3. The van der Waals surface area contributed by atoms with Crippen molar-refractivity contribution < 1.29 is 11.9 Å². The molecule has 0 aliphatic heterocycles. The first-order valence-electron chi connectivity index (χ1n) is 19.1. The molecule has 5 aromatic rings. The molecule has 0 spiro atoms. The summed E-state index contributed by atoms with van der Waals surface area (Å²) in [5.41, 5.74) is 6.45. The molecule has 0 amide bonds. The second kappa shape index (κ2) is 18.4. The van der Waals surface area contributed by atoms with E-state index in [1.165, 1.54) is 36.2 Å². The Balaban J connectivity index is 0.000000182. The average Bonchev–Trinajstić information content (AvgIpc) is 3.86. The Bertz CT molecular complexity index is 1900. The summed E-state index contributed by atoms with van der Waals surface area (Å²) in [4.78, 5) is 1.06. The molecule has 0 saturated heterocycles. The number of rotatable bonds is 7. The van der Waals surface area contributed by atoms with E-state index in [9.17, 15) is 0 Å². The van der Waals surface area contributed by atoms with Crippen molar-refractivity contribution in [3.63, 3.8) is 0 Å². The molecule has 8 rings (SSSR count). The van der Waals surface area contributed by atoms with E-state index in [1.807, 2.05) is 93.5 Å². The quantitative estimate of drug-likeness (QED) is 0.118. The summed E-state index contributed by atoms with van der Waals surface area (Å²) in [6, 6.07) is 34.3. The molecule has 0 radical (unpaired) electrons. The number of hydrogen-bond acceptors (Lipinski definition) is 2. The van der Waals surface area contributed by atoms with Crippen LogP contribution in [0.25, 0.3) is 22.8 Å². The summed E-state index contributed by atoms with van der Waals surface area (Å²) in [6.07, 6.45) is 23.6. The van der Waals surface area contributed by atoms with Crippen LogP contribution in [0.3, 0.4) is 0 Å². The minimum absolute atomic E-state index is 0.385. The van der Waals surface area contributed by atoms with E-state index >= 15 is 0 Å². The molecule has 2 heterocycles. The standard InChI is InChI=1S/C20H15N3.C18H33P.C5H4S.2ClH.Ru/c1-4-10-17(11-5-1)20-21-23(19-14-8-3-9-15-19)16-22(20)18-12-6-2-7-13-18;1-4-10-16(11-5-1)19(17-12-6-2-7-13-17)18-14-8-3-9-15-18;1-5-3-2-4-6-5;;;/h1-15H;16-18H,1-15H2;1-4H;2*1H;/q;;;;;+2/p-2. The molecule has 0 bridgehead atoms. The van der Waals surface area contributed by atoms with E-state index in [0.717, 1.165) is 31.7 Å². The van der Waals surface area contributed by atoms with E-state index in [2.05, 4.69) is 28.8 Å². The van der Waals surface area contributed by atoms with Gasteiger partial charge in [-0.2, -0.15) is 0 Å². The molecule has 8 heteroatoms. The summed E-state index contributed by atoms with van der Waals surface area (Å²) in [6.45, 7) is 0. The predicted molar refractivity (Wildman–Crippen MR) is 220 cm³/mol. The SMILES string of the molecule is C1CCC(P(C2CCCCC2)C2CCCCC2)CC1.[Cl][Ru]([Cl])(=[CH]c1cccs1)=[c]1n(-c2ccccc2)nc(-c2ccccc2)n1-c1ccccc1. The Morgan fingerprint density at radius 2 is 1.06 bits per heavy atom. The summed E-state index contributed by atoms with van der Waals surface area (Å²) in [5.74, 6) is 0.793. The van der Waals surface area contributed by atoms with Crippen molar-refractivity contribution in [2.75, 3.05) is 0 Å². The Morgan fingerprint density at radius 3 is 1.53 bits per heavy atom. The van der Waals surface area contributed by atoms with Crippen LogP contribution in [0, 0.1) is 4.01 Å². The summed E-state index contributed by atoms with van der Waals surface area (Å²) >= 11 is -1.93. The van der Waals surface area contributed by atoms with Crippen LogP contribution in [0.15, 0.2) is 109 Å². The van der Waals surface area contributed by atoms with Gasteiger partial charge in [0, 0.05) is 0 Å². The molecule has 0 N–H and O–H groups in total. The summed E-state index contributed by atoms with van der Waals surface area (Å²) in [5, 5.41) is 7.09. The maximum absolute atomic E-state index is 7.27. The van der Waals surface area contributed by atoms with Gasteiger partial charge in [-0.25, -0.2) is 0 Å². The number of thiophene rings is 1. The molecule has 3 aliphatic rings. The molecule has 3 nitrogen and oxygen atoms in total. The van der Waals surface area contributed by atoms with Crippen molar-refractivity contribution in [2.24, 2.45) is 0 Å². The van der Waals surface area contributed by atoms with E-state index in [1.54, 1.807) is 88.4 Å². The molecule has 2 aromatic heterocycles. The summed E-state index contributed by atoms with van der Waals surface area (Å²) in [7, 11) is 14.9. The van der Waals surface area contributed by atoms with Crippen LogP contribution >= 0.6 is 38.6 Å². The fourth-order valence-corrected chi connectivity index (χ4v) is 20.4. The van der Waals surface area contributed by atoms with Gasteiger partial charge in [-0.3, -0.25) is 0 Å². The number of benzene rings is 3. The van der Waals surface area contributed by atoms with E-state index in [0.29, 0.717) is 7.92 Å². The molecular formula is C43H52Cl2N3PRuS. The Labute approximate surface area is 320 Å². The molecule has 0 atom stereocenters. The maximum atomic E-state index is 7.27. The van der Waals surface area contributed by atoms with Crippen molar-refractivity contribution in [1.82, 2.24) is 14.3 Å². The van der Waals surface area contributed by atoms with Gasteiger partial charge in [0.2, 0.25) is 0 Å². The molecule has 3 aliphatic carbocycles. The van der Waals surface area contributed by atoms with Gasteiger partial charge in [-0.15, -0.1) is 0 Å². The Hall–Kier alpha value is -2.00. The van der Waals surface area contributed by atoms with Crippen molar-refractivity contribution >= 4 is 43.2 Å². The zero-order valence-electron chi connectivity index (χ0n) is 29.6. The van der Waals surface area contributed by atoms with Gasteiger partial charge in [0.25, 0.3) is 0 Å². The van der Waals surface area contributed by atoms with Gasteiger partial charge in [0.1, 0.15) is 0 Å². The minimum atomic E-state index is -3.56. The number of halogens is 2. The van der Waals surface area contributed by atoms with Crippen molar-refractivity contribution in [1.29, 1.82) is 0 Å². The molecule has 51 heavy (non-hydrogen) atoms. The third-order valence-corrected chi connectivity index (χ3v) is 21.3. The zero-order chi connectivity index (χ0) is 34.9. The molecule has 3 saturated carbocycles. The first kappa shape index (κ1) is 37.3. The predicted octanol–water partition coefficient (Wildman–Crippen LogP) is 13.7. The van der Waals surface area contributed by atoms with Crippen LogP contribution in [0.5, 0.6) is 0 Å². The zero-order valence-corrected chi connectivity index (χ0v) is 34.6. The van der Waals surface area contributed by atoms with Gasteiger partial charge >= 0.3 is 202 Å². The van der Waals surface area contributed by atoms with E-state index in [-0.39, 0.29) is 0 Å². The van der Waals surface area contributed by atoms with Crippen molar-refractivity contribution in [3.8, 4) is 22.8 Å². The molecule has 272 valence electrons. The van der Waals surface area contributed by atoms with Crippen LogP contribution in [0.1, 0.15) is 101 Å². The fraction of sp³-hybridized carbons (Fsp3) is 0.419. The third-order valence-electron chi connectivity index (χ3n) is 10.8. The van der Waals surface area contributed by atoms with E-state index < -0.39 is 11.9 Å². The van der Waals surface area contributed by atoms with Crippen LogP contribution in [0.2, 0.25) is 0 Å². The van der Waals surface area contributed by atoms with Gasteiger partial charge in [0.05, 0.1) is 0 Å². The number of hydrogen-bond donors (Lipinski definition) is 0. The average molecular weight is 846 g/mol. The molecule has 3 fully saturated rings. The first-order valence-corrected chi connectivity index (χ1v) is 27.9. The number of para-hydroxylation sites is 2. The molecular weight excluding hydrogens is 794 g/mol. The molecule has 0 unspecified atom stereocenters. The first-order chi connectivity index (χ1) is 25.1. The van der Waals surface area contributed by atoms with Crippen LogP contribution in [0.4, 0.5) is 0 Å². The van der Waals surface area contributed by atoms with Crippen molar-refractivity contribution in [2.45, 2.75) is 113 Å². The van der Waals surface area contributed by atoms with E-state index in [4.69, 9.17) is 24.5 Å². The van der Waals surface area contributed by atoms with Gasteiger partial charge < -0.3 is 0 Å². The van der Waals surface area contributed by atoms with Gasteiger partial charge in [-0.05, 0) is 55.5 Å². The molecule has 3 aromatic carbocycles. The summed E-state index contributed by atoms with van der Waals surface area (Å²) < 4.78 is 6.85. The van der Waals surface area contributed by atoms with Crippen LogP contribution < -0.4 is 0 Å². The van der Waals surface area contributed by atoms with Crippen LogP contribution in [-0.4, -0.2) is 35.9 Å². The fourth-order valence-electron chi connectivity index (χ4n) is 8.42. The normalized spacial score (nSPS) is 18.3. The number of aromatic nitrogens is 3. The van der Waals surface area contributed by atoms with Gasteiger partial charge in [-0.1, -0.05) is 65.7 Å². The monoisotopic (exact) mass is 845 g/mol. The topological polar surface area (TPSA) is 22.8 Å². The van der Waals surface area contributed by atoms with Crippen molar-refractivity contribution in [3.05, 3.63) is 117 Å². The Morgan fingerprint density at radius 1 is 0.588 bits per heavy atom. The third kappa shape index (κ3) is 9.39. The Kier molecular flexibility index (Phi) is 13.4. The second-order valence-electron chi connectivity index (χ2n) is 14.2. The van der Waals surface area contributed by atoms with Crippen LogP contribution in [-0.2, 0) is 11.9 Å².